The van der Waals surface area contributed by atoms with E-state index in [1.807, 2.05) is 6.07 Å². The molecule has 0 aliphatic rings. The molecule has 0 unspecified atom stereocenters. The highest BCUT2D eigenvalue weighted by molar-refractivity contribution is 7.18. The summed E-state index contributed by atoms with van der Waals surface area (Å²) in [4.78, 5) is 38.7. The maximum absolute atomic E-state index is 12.4. The van der Waals surface area contributed by atoms with Crippen LogP contribution in [0, 0.1) is 6.92 Å². The minimum absolute atomic E-state index is 0.190. The molecule has 0 saturated heterocycles. The normalized spacial score (nSPS) is 10.2. The summed E-state index contributed by atoms with van der Waals surface area (Å²) >= 11 is 1.05. The van der Waals surface area contributed by atoms with E-state index in [9.17, 15) is 14.4 Å². The van der Waals surface area contributed by atoms with Crippen molar-refractivity contribution >= 4 is 34.1 Å². The first-order valence-electron chi connectivity index (χ1n) is 8.35. The fraction of sp³-hybridized carbons (Fsp3) is 0.316. The zero-order valence-corrected chi connectivity index (χ0v) is 16.5. The Hall–Kier alpha value is -2.87. The first-order chi connectivity index (χ1) is 12.8. The topological polar surface area (TPSA) is 84.9 Å². The van der Waals surface area contributed by atoms with Gasteiger partial charge in [-0.2, -0.15) is 0 Å². The summed E-state index contributed by atoms with van der Waals surface area (Å²) in [6.45, 7) is 3.32. The van der Waals surface area contributed by atoms with Crippen LogP contribution in [0.3, 0.4) is 0 Å². The van der Waals surface area contributed by atoms with Crippen molar-refractivity contribution in [3.8, 4) is 5.75 Å². The van der Waals surface area contributed by atoms with Crippen molar-refractivity contribution in [2.75, 3.05) is 32.6 Å². The third-order valence-electron chi connectivity index (χ3n) is 3.59. The van der Waals surface area contributed by atoms with E-state index in [1.165, 1.54) is 4.90 Å². The predicted molar refractivity (Wildman–Crippen MR) is 104 cm³/mol. The molecule has 0 atom stereocenters. The first-order valence-corrected chi connectivity index (χ1v) is 9.16. The Morgan fingerprint density at radius 1 is 1.15 bits per heavy atom. The lowest BCUT2D eigenvalue weighted by atomic mass is 10.1. The van der Waals surface area contributed by atoms with Crippen molar-refractivity contribution in [1.82, 2.24) is 4.90 Å². The van der Waals surface area contributed by atoms with Crippen molar-refractivity contribution in [3.63, 3.8) is 0 Å². The average molecular weight is 390 g/mol. The van der Waals surface area contributed by atoms with Crippen molar-refractivity contribution in [2.24, 2.45) is 0 Å². The smallest absolute Gasteiger partial charge is 0.341 e. The Balaban J connectivity index is 2.22. The van der Waals surface area contributed by atoms with E-state index in [4.69, 9.17) is 9.47 Å². The van der Waals surface area contributed by atoms with Crippen LogP contribution in [0.2, 0.25) is 0 Å². The Labute approximate surface area is 161 Å². The SMILES string of the molecule is CCOC(=O)c1c(NC(=O)COc2ccccc2)sc(C(=O)N(C)C)c1C. The Bertz CT molecular complexity index is 830. The van der Waals surface area contributed by atoms with Crippen molar-refractivity contribution in [2.45, 2.75) is 13.8 Å². The number of hydrogen-bond donors (Lipinski definition) is 1. The highest BCUT2D eigenvalue weighted by atomic mass is 32.1. The van der Waals surface area contributed by atoms with Gasteiger partial charge in [0.05, 0.1) is 17.0 Å². The average Bonchev–Trinajstić information content (AvgIpc) is 2.96. The van der Waals surface area contributed by atoms with Gasteiger partial charge in [0, 0.05) is 14.1 Å². The zero-order valence-electron chi connectivity index (χ0n) is 15.7. The van der Waals surface area contributed by atoms with Crippen molar-refractivity contribution in [1.29, 1.82) is 0 Å². The Morgan fingerprint density at radius 2 is 1.81 bits per heavy atom. The number of ether oxygens (including phenoxy) is 2. The van der Waals surface area contributed by atoms with Gasteiger partial charge in [-0.1, -0.05) is 18.2 Å². The van der Waals surface area contributed by atoms with E-state index in [1.54, 1.807) is 52.2 Å². The van der Waals surface area contributed by atoms with Gasteiger partial charge >= 0.3 is 5.97 Å². The summed E-state index contributed by atoms with van der Waals surface area (Å²) in [5.74, 6) is -0.703. The number of hydrogen-bond acceptors (Lipinski definition) is 6. The van der Waals surface area contributed by atoms with Gasteiger partial charge in [0.25, 0.3) is 11.8 Å². The summed E-state index contributed by atoms with van der Waals surface area (Å²) in [5, 5.41) is 2.93. The lowest BCUT2D eigenvalue weighted by molar-refractivity contribution is -0.118. The highest BCUT2D eigenvalue weighted by Crippen LogP contribution is 2.34. The van der Waals surface area contributed by atoms with Crippen LogP contribution in [0.5, 0.6) is 5.75 Å². The summed E-state index contributed by atoms with van der Waals surface area (Å²) in [7, 11) is 3.25. The number of anilines is 1. The van der Waals surface area contributed by atoms with Gasteiger partial charge < -0.3 is 19.7 Å². The second-order valence-electron chi connectivity index (χ2n) is 5.83. The number of rotatable bonds is 7. The molecule has 1 heterocycles. The largest absolute Gasteiger partial charge is 0.484 e. The van der Waals surface area contributed by atoms with Gasteiger partial charge in [0.1, 0.15) is 10.8 Å². The maximum Gasteiger partial charge on any atom is 0.341 e. The first kappa shape index (κ1) is 20.4. The van der Waals surface area contributed by atoms with Crippen LogP contribution in [-0.2, 0) is 9.53 Å². The number of carbonyl (C=O) groups excluding carboxylic acids is 3. The second kappa shape index (κ2) is 9.18. The maximum atomic E-state index is 12.4. The molecule has 0 saturated carbocycles. The molecule has 1 aromatic carbocycles. The number of benzene rings is 1. The van der Waals surface area contributed by atoms with Crippen LogP contribution in [0.25, 0.3) is 0 Å². The van der Waals surface area contributed by atoms with Gasteiger partial charge in [0.15, 0.2) is 6.61 Å². The summed E-state index contributed by atoms with van der Waals surface area (Å²) in [5.41, 5.74) is 0.677. The minimum atomic E-state index is -0.580. The summed E-state index contributed by atoms with van der Waals surface area (Å²) in [6, 6.07) is 8.92. The van der Waals surface area contributed by atoms with E-state index in [2.05, 4.69) is 5.32 Å². The standard InChI is InChI=1S/C19H22N2O5S/c1-5-25-19(24)15-12(2)16(18(23)21(3)4)27-17(15)20-14(22)11-26-13-9-7-6-8-10-13/h6-10H,5,11H2,1-4H3,(H,20,22). The molecule has 0 fully saturated rings. The lowest BCUT2D eigenvalue weighted by Crippen LogP contribution is -2.21. The van der Waals surface area contributed by atoms with Crippen LogP contribution in [0.4, 0.5) is 5.00 Å². The van der Waals surface area contributed by atoms with E-state index in [-0.39, 0.29) is 29.7 Å². The summed E-state index contributed by atoms with van der Waals surface area (Å²) < 4.78 is 10.5. The molecule has 1 aromatic heterocycles. The molecule has 27 heavy (non-hydrogen) atoms. The van der Waals surface area contributed by atoms with E-state index in [0.717, 1.165) is 11.3 Å². The number of amides is 2. The predicted octanol–water partition coefficient (Wildman–Crippen LogP) is 2.95. The third kappa shape index (κ3) is 5.07. The number of para-hydroxylation sites is 1. The van der Waals surface area contributed by atoms with Gasteiger partial charge in [-0.25, -0.2) is 4.79 Å². The molecule has 1 N–H and O–H groups in total. The van der Waals surface area contributed by atoms with Crippen LogP contribution in [-0.4, -0.2) is 50.0 Å². The highest BCUT2D eigenvalue weighted by Gasteiger charge is 2.27. The van der Waals surface area contributed by atoms with Gasteiger partial charge in [-0.3, -0.25) is 9.59 Å². The fourth-order valence-corrected chi connectivity index (χ4v) is 3.52. The monoisotopic (exact) mass is 390 g/mol. The van der Waals surface area contributed by atoms with E-state index < -0.39 is 11.9 Å². The molecular formula is C19H22N2O5S. The Morgan fingerprint density at radius 3 is 2.41 bits per heavy atom. The van der Waals surface area contributed by atoms with Crippen LogP contribution >= 0.6 is 11.3 Å². The number of esters is 1. The summed E-state index contributed by atoms with van der Waals surface area (Å²) in [6.07, 6.45) is 0. The second-order valence-corrected chi connectivity index (χ2v) is 6.85. The number of nitrogens with one attached hydrogen (secondary N) is 1. The van der Waals surface area contributed by atoms with Crippen molar-refractivity contribution < 1.29 is 23.9 Å². The molecule has 0 aliphatic heterocycles. The molecule has 2 amide bonds. The molecule has 0 radical (unpaired) electrons. The number of thiophene rings is 1. The van der Waals surface area contributed by atoms with E-state index >= 15 is 0 Å². The zero-order chi connectivity index (χ0) is 20.0. The molecule has 0 spiro atoms. The van der Waals surface area contributed by atoms with Crippen molar-refractivity contribution in [3.05, 3.63) is 46.3 Å². The molecule has 7 nitrogen and oxygen atoms in total. The van der Waals surface area contributed by atoms with Crippen LogP contribution in [0.15, 0.2) is 30.3 Å². The number of carbonyl (C=O) groups is 3. The quantitative estimate of drug-likeness (QED) is 0.735. The molecule has 2 rings (SSSR count). The molecule has 0 aliphatic carbocycles. The molecule has 2 aromatic rings. The molecule has 144 valence electrons. The van der Waals surface area contributed by atoms with Gasteiger partial charge in [-0.05, 0) is 31.5 Å². The molecule has 8 heteroatoms. The third-order valence-corrected chi connectivity index (χ3v) is 4.79. The lowest BCUT2D eigenvalue weighted by Gasteiger charge is -2.09. The van der Waals surface area contributed by atoms with E-state index in [0.29, 0.717) is 16.2 Å². The minimum Gasteiger partial charge on any atom is -0.484 e. The fourth-order valence-electron chi connectivity index (χ4n) is 2.29. The van der Waals surface area contributed by atoms with Crippen LogP contribution in [0.1, 0.15) is 32.5 Å². The number of nitrogens with zero attached hydrogens (tertiary/aromatic N) is 1. The van der Waals surface area contributed by atoms with Crippen LogP contribution < -0.4 is 10.1 Å². The molecule has 0 bridgehead atoms. The Kier molecular flexibility index (Phi) is 6.95. The van der Waals surface area contributed by atoms with Gasteiger partial charge in [0.2, 0.25) is 0 Å². The van der Waals surface area contributed by atoms with Gasteiger partial charge in [-0.15, -0.1) is 11.3 Å². The molecular weight excluding hydrogens is 368 g/mol.